The van der Waals surface area contributed by atoms with E-state index in [2.05, 4.69) is 4.72 Å². The summed E-state index contributed by atoms with van der Waals surface area (Å²) in [6, 6.07) is 7.44. The highest BCUT2D eigenvalue weighted by Crippen LogP contribution is 2.25. The van der Waals surface area contributed by atoms with Gasteiger partial charge < -0.3 is 5.73 Å². The lowest BCUT2D eigenvalue weighted by Gasteiger charge is -2.13. The van der Waals surface area contributed by atoms with Crippen LogP contribution in [0.25, 0.3) is 0 Å². The number of rotatable bonds is 3. The number of halogens is 1. The van der Waals surface area contributed by atoms with Crippen molar-refractivity contribution in [1.29, 1.82) is 0 Å². The molecule has 3 N–H and O–H groups in total. The number of aryl methyl sites for hydroxylation is 2. The third-order valence-corrected chi connectivity index (χ3v) is 4.77. The summed E-state index contributed by atoms with van der Waals surface area (Å²) < 4.78 is 40.8. The van der Waals surface area contributed by atoms with E-state index in [0.29, 0.717) is 16.8 Å². The number of hydrogen-bond acceptors (Lipinski definition) is 3. The van der Waals surface area contributed by atoms with Crippen LogP contribution in [0.4, 0.5) is 15.8 Å². The fourth-order valence-electron chi connectivity index (χ4n) is 2.00. The van der Waals surface area contributed by atoms with Crippen LogP contribution in [0.2, 0.25) is 0 Å². The molecule has 0 fully saturated rings. The summed E-state index contributed by atoms with van der Waals surface area (Å²) in [6.45, 7) is 5.01. The van der Waals surface area contributed by atoms with Gasteiger partial charge >= 0.3 is 0 Å². The third kappa shape index (κ3) is 3.16. The van der Waals surface area contributed by atoms with E-state index < -0.39 is 15.8 Å². The molecular weight excluding hydrogens is 291 g/mol. The van der Waals surface area contributed by atoms with Gasteiger partial charge in [-0.25, -0.2) is 12.8 Å². The molecule has 0 saturated carbocycles. The minimum atomic E-state index is -3.82. The first-order valence-electron chi connectivity index (χ1n) is 6.36. The summed E-state index contributed by atoms with van der Waals surface area (Å²) in [5, 5.41) is 0. The Morgan fingerprint density at radius 1 is 1.10 bits per heavy atom. The first-order chi connectivity index (χ1) is 9.70. The van der Waals surface area contributed by atoms with Crippen LogP contribution in [0.5, 0.6) is 0 Å². The van der Waals surface area contributed by atoms with Gasteiger partial charge in [0.25, 0.3) is 10.0 Å². The SMILES string of the molecule is Cc1cc(N)c(C)c(S(=O)(=O)Nc2ccc(C)c(F)c2)c1. The van der Waals surface area contributed by atoms with E-state index in [1.165, 1.54) is 12.1 Å². The van der Waals surface area contributed by atoms with Crippen LogP contribution >= 0.6 is 0 Å². The van der Waals surface area contributed by atoms with Gasteiger partial charge in [-0.2, -0.15) is 0 Å². The van der Waals surface area contributed by atoms with Crippen molar-refractivity contribution in [2.45, 2.75) is 25.7 Å². The summed E-state index contributed by atoms with van der Waals surface area (Å²) >= 11 is 0. The maximum Gasteiger partial charge on any atom is 0.262 e. The molecule has 0 aromatic heterocycles. The quantitative estimate of drug-likeness (QED) is 0.856. The fraction of sp³-hybridized carbons (Fsp3) is 0.200. The Labute approximate surface area is 123 Å². The normalized spacial score (nSPS) is 11.4. The molecule has 0 aliphatic heterocycles. The van der Waals surface area contributed by atoms with Crippen molar-refractivity contribution in [3.63, 3.8) is 0 Å². The molecule has 0 bridgehead atoms. The summed E-state index contributed by atoms with van der Waals surface area (Å²) in [5.41, 5.74) is 8.06. The van der Waals surface area contributed by atoms with Crippen LogP contribution < -0.4 is 10.5 Å². The largest absolute Gasteiger partial charge is 0.398 e. The predicted octanol–water partition coefficient (Wildman–Crippen LogP) is 3.13. The molecule has 6 heteroatoms. The van der Waals surface area contributed by atoms with E-state index in [1.807, 2.05) is 0 Å². The monoisotopic (exact) mass is 308 g/mol. The second-order valence-corrected chi connectivity index (χ2v) is 6.70. The number of nitrogens with two attached hydrogens (primary N) is 1. The van der Waals surface area contributed by atoms with Crippen molar-refractivity contribution < 1.29 is 12.8 Å². The molecule has 2 rings (SSSR count). The van der Waals surface area contributed by atoms with Crippen LogP contribution in [0.3, 0.4) is 0 Å². The average molecular weight is 308 g/mol. The molecule has 4 nitrogen and oxygen atoms in total. The van der Waals surface area contributed by atoms with E-state index in [0.717, 1.165) is 11.6 Å². The van der Waals surface area contributed by atoms with Gasteiger partial charge in [-0.15, -0.1) is 0 Å². The second-order valence-electron chi connectivity index (χ2n) is 5.05. The molecule has 2 aromatic carbocycles. The van der Waals surface area contributed by atoms with Gasteiger partial charge in [0, 0.05) is 5.69 Å². The van der Waals surface area contributed by atoms with Crippen LogP contribution in [0.15, 0.2) is 35.2 Å². The molecule has 21 heavy (non-hydrogen) atoms. The van der Waals surface area contributed by atoms with Crippen LogP contribution in [0.1, 0.15) is 16.7 Å². The minimum absolute atomic E-state index is 0.0981. The lowest BCUT2D eigenvalue weighted by Crippen LogP contribution is -2.15. The zero-order chi connectivity index (χ0) is 15.8. The Hall–Kier alpha value is -2.08. The summed E-state index contributed by atoms with van der Waals surface area (Å²) in [5.74, 6) is -0.462. The van der Waals surface area contributed by atoms with Crippen molar-refractivity contribution >= 4 is 21.4 Å². The van der Waals surface area contributed by atoms with E-state index in [1.54, 1.807) is 32.9 Å². The molecule has 0 saturated heterocycles. The Morgan fingerprint density at radius 3 is 2.38 bits per heavy atom. The molecule has 0 unspecified atom stereocenters. The van der Waals surface area contributed by atoms with Gasteiger partial charge in [-0.05, 0) is 61.7 Å². The van der Waals surface area contributed by atoms with Crippen molar-refractivity contribution in [3.8, 4) is 0 Å². The van der Waals surface area contributed by atoms with Crippen LogP contribution in [-0.4, -0.2) is 8.42 Å². The van der Waals surface area contributed by atoms with E-state index in [9.17, 15) is 12.8 Å². The van der Waals surface area contributed by atoms with Crippen molar-refractivity contribution in [3.05, 3.63) is 52.8 Å². The molecule has 0 atom stereocenters. The Kier molecular flexibility index (Phi) is 3.91. The molecule has 0 heterocycles. The highest BCUT2D eigenvalue weighted by atomic mass is 32.2. The van der Waals surface area contributed by atoms with Crippen LogP contribution in [0, 0.1) is 26.6 Å². The van der Waals surface area contributed by atoms with Gasteiger partial charge in [0.1, 0.15) is 5.82 Å². The maximum atomic E-state index is 13.5. The second kappa shape index (κ2) is 5.37. The van der Waals surface area contributed by atoms with E-state index >= 15 is 0 Å². The molecular formula is C15H17FN2O2S. The van der Waals surface area contributed by atoms with Gasteiger partial charge in [-0.3, -0.25) is 4.72 Å². The van der Waals surface area contributed by atoms with Gasteiger partial charge in [0.15, 0.2) is 0 Å². The number of benzene rings is 2. The van der Waals surface area contributed by atoms with Crippen molar-refractivity contribution in [1.82, 2.24) is 0 Å². The van der Waals surface area contributed by atoms with Gasteiger partial charge in [0.05, 0.1) is 10.6 Å². The molecule has 0 amide bonds. The smallest absolute Gasteiger partial charge is 0.262 e. The van der Waals surface area contributed by atoms with Crippen LogP contribution in [-0.2, 0) is 10.0 Å². The Morgan fingerprint density at radius 2 is 1.76 bits per heavy atom. The third-order valence-electron chi connectivity index (χ3n) is 3.26. The number of anilines is 2. The molecule has 0 aliphatic carbocycles. The molecule has 0 aliphatic rings. The van der Waals surface area contributed by atoms with Gasteiger partial charge in [-0.1, -0.05) is 6.07 Å². The first kappa shape index (κ1) is 15.3. The topological polar surface area (TPSA) is 72.2 Å². The van der Waals surface area contributed by atoms with Crippen molar-refractivity contribution in [2.75, 3.05) is 10.5 Å². The standard InChI is InChI=1S/C15H17FN2O2S/c1-9-6-14(17)11(3)15(7-9)21(19,20)18-12-5-4-10(2)13(16)8-12/h4-8,18H,17H2,1-3H3. The predicted molar refractivity (Wildman–Crippen MR) is 82.3 cm³/mol. The maximum absolute atomic E-state index is 13.5. The summed E-state index contributed by atoms with van der Waals surface area (Å²) in [6.07, 6.45) is 0. The lowest BCUT2D eigenvalue weighted by atomic mass is 10.1. The highest BCUT2D eigenvalue weighted by Gasteiger charge is 2.19. The summed E-state index contributed by atoms with van der Waals surface area (Å²) in [7, 11) is -3.82. The Bertz CT molecular complexity index is 802. The molecule has 0 spiro atoms. The first-order valence-corrected chi connectivity index (χ1v) is 7.85. The molecule has 0 radical (unpaired) electrons. The minimum Gasteiger partial charge on any atom is -0.398 e. The lowest BCUT2D eigenvalue weighted by molar-refractivity contribution is 0.600. The number of nitrogens with one attached hydrogen (secondary N) is 1. The number of hydrogen-bond donors (Lipinski definition) is 2. The van der Waals surface area contributed by atoms with E-state index in [-0.39, 0.29) is 10.6 Å². The van der Waals surface area contributed by atoms with Crippen molar-refractivity contribution in [2.24, 2.45) is 0 Å². The fourth-order valence-corrected chi connectivity index (χ4v) is 3.41. The zero-order valence-electron chi connectivity index (χ0n) is 12.1. The van der Waals surface area contributed by atoms with Gasteiger partial charge in [0.2, 0.25) is 0 Å². The average Bonchev–Trinajstić information content (AvgIpc) is 2.37. The zero-order valence-corrected chi connectivity index (χ0v) is 12.9. The molecule has 112 valence electrons. The molecule has 2 aromatic rings. The number of nitrogen functional groups attached to an aromatic ring is 1. The Balaban J connectivity index is 2.45. The highest BCUT2D eigenvalue weighted by molar-refractivity contribution is 7.92. The number of sulfonamides is 1. The van der Waals surface area contributed by atoms with E-state index in [4.69, 9.17) is 5.73 Å². The summed E-state index contributed by atoms with van der Waals surface area (Å²) in [4.78, 5) is 0.0981.